The molecule has 0 amide bonds. The van der Waals surface area contributed by atoms with Crippen LogP contribution in [0.2, 0.25) is 0 Å². The summed E-state index contributed by atoms with van der Waals surface area (Å²) >= 11 is -3.83. The molecular formula is C22H20N4O4Sn. The van der Waals surface area contributed by atoms with Gasteiger partial charge in [-0.15, -0.1) is 0 Å². The summed E-state index contributed by atoms with van der Waals surface area (Å²) in [6, 6.07) is 20.6. The normalized spacial score (nSPS) is 24.8. The summed E-state index contributed by atoms with van der Waals surface area (Å²) < 4.78 is 23.8. The summed E-state index contributed by atoms with van der Waals surface area (Å²) in [5.41, 5.74) is 0.552. The van der Waals surface area contributed by atoms with Crippen LogP contribution in [0.5, 0.6) is 0 Å². The molecule has 2 saturated heterocycles. The Kier molecular flexibility index (Phi) is 4.67. The molecule has 8 nitrogen and oxygen atoms in total. The van der Waals surface area contributed by atoms with E-state index in [4.69, 9.17) is 10.9 Å². The fraction of sp³-hybridized carbons (Fsp3) is 0.227. The first-order chi connectivity index (χ1) is 15.2. The molecule has 6 rings (SSSR count). The molecule has 2 aliphatic heterocycles. The molecule has 156 valence electrons. The molecule has 0 radical (unpaired) electrons. The number of aromatic amines is 1. The van der Waals surface area contributed by atoms with Gasteiger partial charge in [0.2, 0.25) is 0 Å². The minimum absolute atomic E-state index is 0.102. The van der Waals surface area contributed by atoms with Crippen molar-refractivity contribution in [3.63, 3.8) is 0 Å². The van der Waals surface area contributed by atoms with E-state index in [0.29, 0.717) is 24.2 Å². The molecule has 31 heavy (non-hydrogen) atoms. The topological polar surface area (TPSA) is 91.3 Å². The van der Waals surface area contributed by atoms with Gasteiger partial charge in [-0.05, 0) is 0 Å². The first-order valence-electron chi connectivity index (χ1n) is 10.2. The molecule has 2 aliphatic rings. The van der Waals surface area contributed by atoms with E-state index < -0.39 is 19.2 Å². The van der Waals surface area contributed by atoms with Crippen molar-refractivity contribution in [1.82, 2.24) is 19.5 Å². The maximum atomic E-state index is 12.0. The van der Waals surface area contributed by atoms with Gasteiger partial charge in [0.05, 0.1) is 0 Å². The van der Waals surface area contributed by atoms with Gasteiger partial charge in [-0.2, -0.15) is 0 Å². The van der Waals surface area contributed by atoms with Gasteiger partial charge in [-0.25, -0.2) is 0 Å². The van der Waals surface area contributed by atoms with Crippen LogP contribution in [0.1, 0.15) is 12.6 Å². The zero-order valence-electron chi connectivity index (χ0n) is 16.5. The molecule has 0 unspecified atom stereocenters. The summed E-state index contributed by atoms with van der Waals surface area (Å²) in [4.78, 5) is 23.1. The van der Waals surface area contributed by atoms with Crippen molar-refractivity contribution in [3.8, 4) is 0 Å². The van der Waals surface area contributed by atoms with Crippen molar-refractivity contribution in [1.29, 1.82) is 0 Å². The van der Waals surface area contributed by atoms with E-state index >= 15 is 0 Å². The van der Waals surface area contributed by atoms with Crippen molar-refractivity contribution >= 4 is 37.5 Å². The summed E-state index contributed by atoms with van der Waals surface area (Å²) in [7, 11) is 0. The molecule has 3 atom stereocenters. The van der Waals surface area contributed by atoms with Crippen molar-refractivity contribution in [2.24, 2.45) is 0 Å². The Bertz CT molecular complexity index is 1240. The second-order valence-corrected chi connectivity index (χ2v) is 16.0. The molecule has 2 fully saturated rings. The van der Waals surface area contributed by atoms with Gasteiger partial charge < -0.3 is 0 Å². The quantitative estimate of drug-likeness (QED) is 0.405. The van der Waals surface area contributed by atoms with E-state index in [9.17, 15) is 4.79 Å². The van der Waals surface area contributed by atoms with Gasteiger partial charge in [0.25, 0.3) is 0 Å². The Morgan fingerprint density at radius 2 is 1.68 bits per heavy atom. The van der Waals surface area contributed by atoms with Gasteiger partial charge in [-0.1, -0.05) is 0 Å². The van der Waals surface area contributed by atoms with Crippen molar-refractivity contribution in [3.05, 3.63) is 83.7 Å². The van der Waals surface area contributed by atoms with E-state index in [0.717, 1.165) is 7.16 Å². The predicted octanol–water partition coefficient (Wildman–Crippen LogP) is 1.08. The second kappa shape index (κ2) is 7.56. The number of hydrogen-bond donors (Lipinski definition) is 1. The number of nitrogens with one attached hydrogen (secondary N) is 1. The van der Waals surface area contributed by atoms with Crippen LogP contribution in [-0.4, -0.2) is 57.5 Å². The summed E-state index contributed by atoms with van der Waals surface area (Å²) in [5, 5.41) is 0. The Morgan fingerprint density at radius 1 is 0.968 bits per heavy atom. The van der Waals surface area contributed by atoms with Crippen LogP contribution in [-0.2, 0) is 10.9 Å². The number of aromatic nitrogens is 4. The third kappa shape index (κ3) is 3.13. The first-order valence-corrected chi connectivity index (χ1v) is 15.4. The Morgan fingerprint density at radius 3 is 2.39 bits per heavy atom. The van der Waals surface area contributed by atoms with E-state index in [-0.39, 0.29) is 24.0 Å². The molecule has 9 heteroatoms. The average molecular weight is 523 g/mol. The van der Waals surface area contributed by atoms with Gasteiger partial charge >= 0.3 is 183 Å². The summed E-state index contributed by atoms with van der Waals surface area (Å²) in [5.74, 6) is 0. The fourth-order valence-corrected chi connectivity index (χ4v) is 14.0. The average Bonchev–Trinajstić information content (AvgIpc) is 3.44. The van der Waals surface area contributed by atoms with Crippen LogP contribution >= 0.6 is 0 Å². The number of ether oxygens (including phenoxy) is 1. The molecule has 1 N–H and O–H groups in total. The molecule has 2 aromatic heterocycles. The first kappa shape index (κ1) is 19.2. The molecule has 0 saturated carbocycles. The molecule has 0 aliphatic carbocycles. The van der Waals surface area contributed by atoms with Crippen molar-refractivity contribution in [2.45, 2.75) is 24.9 Å². The molecule has 0 spiro atoms. The molecular weight excluding hydrogens is 503 g/mol. The SMILES string of the molecule is O=c1[nH]cnc2c1ncn2[C@@H]1C[C@H]2[O][Sn]([c]3ccccc3)([c]3ccccc3)[O]C[C@@H]2O1. The fourth-order valence-electron chi connectivity index (χ4n) is 4.45. The molecule has 2 aromatic carbocycles. The Hall–Kier alpha value is -2.53. The summed E-state index contributed by atoms with van der Waals surface area (Å²) in [6.07, 6.45) is 3.05. The zero-order chi connectivity index (χ0) is 20.8. The number of nitrogens with zero attached hydrogens (tertiary/aromatic N) is 3. The number of rotatable bonds is 3. The monoisotopic (exact) mass is 524 g/mol. The van der Waals surface area contributed by atoms with E-state index in [2.05, 4.69) is 39.2 Å². The van der Waals surface area contributed by atoms with Crippen LogP contribution in [0.3, 0.4) is 0 Å². The predicted molar refractivity (Wildman–Crippen MR) is 115 cm³/mol. The standard InChI is InChI=1S/C10H10N4O4.2C6H5.Sn/c15-2-6-5(16)1-7(18-6)14-4-13-8-9(14)11-3-12-10(8)17;2*1-2-4-6-5-3-1;/h3-7H,1-2H2,(H,11,12,17);2*1-5H;/q-2;;;+2/t5-,6+,7+;;;/m1.../s1. The van der Waals surface area contributed by atoms with Crippen LogP contribution in [0.4, 0.5) is 0 Å². The molecule has 0 bridgehead atoms. The second-order valence-electron chi connectivity index (χ2n) is 7.74. The van der Waals surface area contributed by atoms with E-state index in [1.165, 1.54) is 6.33 Å². The van der Waals surface area contributed by atoms with Crippen LogP contribution in [0.15, 0.2) is 78.1 Å². The summed E-state index contributed by atoms with van der Waals surface area (Å²) in [6.45, 7) is 0.474. The van der Waals surface area contributed by atoms with Gasteiger partial charge in [0, 0.05) is 0 Å². The number of hydrogen-bond acceptors (Lipinski definition) is 6. The Labute approximate surface area is 182 Å². The van der Waals surface area contributed by atoms with Crippen LogP contribution in [0, 0.1) is 0 Å². The van der Waals surface area contributed by atoms with E-state index in [1.807, 2.05) is 41.0 Å². The number of H-pyrrole nitrogens is 1. The van der Waals surface area contributed by atoms with Gasteiger partial charge in [0.15, 0.2) is 0 Å². The number of fused-ring (bicyclic) bond motifs is 2. The van der Waals surface area contributed by atoms with Crippen molar-refractivity contribution in [2.75, 3.05) is 6.61 Å². The molecule has 4 heterocycles. The Balaban J connectivity index is 1.36. The van der Waals surface area contributed by atoms with Crippen LogP contribution < -0.4 is 12.7 Å². The third-order valence-electron chi connectivity index (χ3n) is 5.93. The van der Waals surface area contributed by atoms with Crippen LogP contribution in [0.25, 0.3) is 11.2 Å². The van der Waals surface area contributed by atoms with E-state index in [1.54, 1.807) is 6.33 Å². The molecule has 4 aromatic rings. The zero-order valence-corrected chi connectivity index (χ0v) is 19.4. The number of imidazole rings is 1. The number of benzene rings is 2. The van der Waals surface area contributed by atoms with Crippen molar-refractivity contribution < 1.29 is 10.9 Å². The maximum absolute atomic E-state index is 12.0. The van der Waals surface area contributed by atoms with Gasteiger partial charge in [0.1, 0.15) is 0 Å². The van der Waals surface area contributed by atoms with Gasteiger partial charge in [-0.3, -0.25) is 0 Å². The third-order valence-corrected chi connectivity index (χ3v) is 15.6. The minimum atomic E-state index is -3.83.